The lowest BCUT2D eigenvalue weighted by atomic mass is 10.1. The molecule has 2 rings (SSSR count). The van der Waals surface area contributed by atoms with Crippen molar-refractivity contribution in [1.82, 2.24) is 0 Å². The minimum absolute atomic E-state index is 0.00650. The van der Waals surface area contributed by atoms with E-state index in [4.69, 9.17) is 14.2 Å². The van der Waals surface area contributed by atoms with Crippen LogP contribution in [-0.2, 0) is 9.47 Å². The number of carbonyl (C=O) groups excluding carboxylic acids is 1. The number of carboxylic acid groups (broad SMARTS) is 1. The molecule has 2 N–H and O–H groups in total. The summed E-state index contributed by atoms with van der Waals surface area (Å²) in [6, 6.07) is 11.2. The van der Waals surface area contributed by atoms with E-state index in [9.17, 15) is 14.7 Å². The smallest absolute Gasteiger partial charge is 0.337 e. The zero-order chi connectivity index (χ0) is 20.4. The monoisotopic (exact) mass is 451 g/mol. The summed E-state index contributed by atoms with van der Waals surface area (Å²) in [7, 11) is 0. The summed E-state index contributed by atoms with van der Waals surface area (Å²) in [4.78, 5) is 23.7. The number of amides is 1. The Morgan fingerprint density at radius 3 is 2.36 bits per heavy atom. The summed E-state index contributed by atoms with van der Waals surface area (Å²) >= 11 is 3.22. The van der Waals surface area contributed by atoms with Gasteiger partial charge in [0.1, 0.15) is 12.4 Å². The highest BCUT2D eigenvalue weighted by Gasteiger charge is 2.14. The molecule has 7 nitrogen and oxygen atoms in total. The zero-order valence-electron chi connectivity index (χ0n) is 15.4. The largest absolute Gasteiger partial charge is 0.491 e. The molecule has 0 saturated heterocycles. The van der Waals surface area contributed by atoms with Crippen molar-refractivity contribution in [2.24, 2.45) is 0 Å². The highest BCUT2D eigenvalue weighted by molar-refractivity contribution is 9.10. The van der Waals surface area contributed by atoms with Gasteiger partial charge in [-0.25, -0.2) is 4.79 Å². The van der Waals surface area contributed by atoms with Crippen LogP contribution in [0.3, 0.4) is 0 Å². The number of nitrogens with one attached hydrogen (secondary N) is 1. The molecule has 0 unspecified atom stereocenters. The minimum atomic E-state index is -1.12. The van der Waals surface area contributed by atoms with Crippen LogP contribution in [0.25, 0.3) is 0 Å². The van der Waals surface area contributed by atoms with Gasteiger partial charge in [0, 0.05) is 16.6 Å². The molecule has 28 heavy (non-hydrogen) atoms. The van der Waals surface area contributed by atoms with E-state index in [2.05, 4.69) is 21.2 Å². The molecule has 0 bridgehead atoms. The summed E-state index contributed by atoms with van der Waals surface area (Å²) in [5, 5.41) is 11.9. The van der Waals surface area contributed by atoms with Gasteiger partial charge < -0.3 is 24.6 Å². The molecule has 150 valence electrons. The molecule has 0 radical (unpaired) electrons. The SMILES string of the molecule is CCOCCOCCOc1ccc(C(=O)Nc2ccc(Br)cc2C(=O)O)cc1. The zero-order valence-corrected chi connectivity index (χ0v) is 17.0. The van der Waals surface area contributed by atoms with Gasteiger partial charge in [0.2, 0.25) is 0 Å². The number of carbonyl (C=O) groups is 2. The maximum Gasteiger partial charge on any atom is 0.337 e. The fraction of sp³-hybridized carbons (Fsp3) is 0.300. The average Bonchev–Trinajstić information content (AvgIpc) is 2.69. The third-order valence-electron chi connectivity index (χ3n) is 3.65. The molecule has 0 saturated carbocycles. The Kier molecular flexibility index (Phi) is 8.93. The average molecular weight is 452 g/mol. The third-order valence-corrected chi connectivity index (χ3v) is 4.14. The lowest BCUT2D eigenvalue weighted by molar-refractivity contribution is 0.0405. The van der Waals surface area contributed by atoms with E-state index in [1.165, 1.54) is 12.1 Å². The summed E-state index contributed by atoms with van der Waals surface area (Å²) in [6.07, 6.45) is 0. The van der Waals surface area contributed by atoms with Crippen LogP contribution in [-0.4, -0.2) is 50.0 Å². The van der Waals surface area contributed by atoms with Gasteiger partial charge in [-0.05, 0) is 49.4 Å². The van der Waals surface area contributed by atoms with Gasteiger partial charge in [-0.3, -0.25) is 4.79 Å². The normalized spacial score (nSPS) is 10.5. The Morgan fingerprint density at radius 2 is 1.68 bits per heavy atom. The molecule has 2 aromatic carbocycles. The minimum Gasteiger partial charge on any atom is -0.491 e. The number of aromatic carboxylic acids is 1. The maximum absolute atomic E-state index is 12.4. The molecule has 0 spiro atoms. The molecule has 0 aliphatic rings. The van der Waals surface area contributed by atoms with Crippen molar-refractivity contribution in [3.05, 3.63) is 58.1 Å². The Morgan fingerprint density at radius 1 is 1.00 bits per heavy atom. The second-order valence-corrected chi connectivity index (χ2v) is 6.55. The van der Waals surface area contributed by atoms with Crippen LogP contribution in [0.2, 0.25) is 0 Å². The summed E-state index contributed by atoms with van der Waals surface area (Å²) in [5.41, 5.74) is 0.622. The molecule has 0 fully saturated rings. The molecule has 0 atom stereocenters. The summed E-state index contributed by atoms with van der Waals surface area (Å²) < 4.78 is 16.7. The van der Waals surface area contributed by atoms with E-state index in [0.717, 1.165) is 0 Å². The Labute approximate surface area is 171 Å². The molecule has 0 aromatic heterocycles. The van der Waals surface area contributed by atoms with Gasteiger partial charge in [0.15, 0.2) is 0 Å². The van der Waals surface area contributed by atoms with Crippen molar-refractivity contribution in [2.75, 3.05) is 38.4 Å². The molecular formula is C20H22BrNO6. The number of rotatable bonds is 11. The van der Waals surface area contributed by atoms with Gasteiger partial charge in [-0.15, -0.1) is 0 Å². The first-order valence-electron chi connectivity index (χ1n) is 8.73. The van der Waals surface area contributed by atoms with Crippen molar-refractivity contribution in [1.29, 1.82) is 0 Å². The van der Waals surface area contributed by atoms with E-state index in [1.54, 1.807) is 30.3 Å². The van der Waals surface area contributed by atoms with Gasteiger partial charge in [-0.2, -0.15) is 0 Å². The number of benzene rings is 2. The van der Waals surface area contributed by atoms with Gasteiger partial charge in [-0.1, -0.05) is 15.9 Å². The van der Waals surface area contributed by atoms with Crippen LogP contribution in [0.1, 0.15) is 27.6 Å². The van der Waals surface area contributed by atoms with Crippen LogP contribution in [0.15, 0.2) is 46.9 Å². The van der Waals surface area contributed by atoms with Crippen molar-refractivity contribution in [3.63, 3.8) is 0 Å². The highest BCUT2D eigenvalue weighted by atomic mass is 79.9. The lowest BCUT2D eigenvalue weighted by Gasteiger charge is -2.10. The third kappa shape index (κ3) is 6.95. The first kappa shape index (κ1) is 21.9. The highest BCUT2D eigenvalue weighted by Crippen LogP contribution is 2.22. The van der Waals surface area contributed by atoms with Gasteiger partial charge in [0.05, 0.1) is 31.1 Å². The molecule has 1 amide bonds. The van der Waals surface area contributed by atoms with Crippen molar-refractivity contribution in [2.45, 2.75) is 6.92 Å². The first-order chi connectivity index (χ1) is 13.5. The molecule has 8 heteroatoms. The number of anilines is 1. The number of ether oxygens (including phenoxy) is 3. The van der Waals surface area contributed by atoms with Gasteiger partial charge in [0.25, 0.3) is 5.91 Å². The molecule has 0 aliphatic carbocycles. The van der Waals surface area contributed by atoms with E-state index in [0.29, 0.717) is 48.8 Å². The topological polar surface area (TPSA) is 94.1 Å². The van der Waals surface area contributed by atoms with E-state index < -0.39 is 11.9 Å². The number of hydrogen-bond acceptors (Lipinski definition) is 5. The van der Waals surface area contributed by atoms with Crippen LogP contribution >= 0.6 is 15.9 Å². The molecule has 2 aromatic rings. The number of carboxylic acids is 1. The maximum atomic E-state index is 12.4. The van der Waals surface area contributed by atoms with Crippen molar-refractivity contribution < 1.29 is 28.9 Å². The van der Waals surface area contributed by atoms with E-state index in [1.807, 2.05) is 6.92 Å². The fourth-order valence-corrected chi connectivity index (χ4v) is 2.64. The first-order valence-corrected chi connectivity index (χ1v) is 9.53. The Balaban J connectivity index is 1.86. The number of hydrogen-bond donors (Lipinski definition) is 2. The molecular weight excluding hydrogens is 430 g/mol. The number of halogens is 1. The summed E-state index contributed by atoms with van der Waals surface area (Å²) in [5.74, 6) is -0.917. The second-order valence-electron chi connectivity index (χ2n) is 5.63. The molecule has 0 aliphatic heterocycles. The Hall–Kier alpha value is -2.42. The molecule has 0 heterocycles. The van der Waals surface area contributed by atoms with E-state index in [-0.39, 0.29) is 11.3 Å². The predicted octanol–water partition coefficient (Wildman–Crippen LogP) is 3.83. The van der Waals surface area contributed by atoms with Crippen LogP contribution in [0, 0.1) is 0 Å². The second kappa shape index (κ2) is 11.4. The standard InChI is InChI=1S/C20H22BrNO6/c1-2-26-9-10-27-11-12-28-16-6-3-14(4-7-16)19(23)22-18-8-5-15(21)13-17(18)20(24)25/h3-8,13H,2,9-12H2,1H3,(H,22,23)(H,24,25). The fourth-order valence-electron chi connectivity index (χ4n) is 2.28. The van der Waals surface area contributed by atoms with Crippen LogP contribution in [0.4, 0.5) is 5.69 Å². The Bertz CT molecular complexity index is 794. The van der Waals surface area contributed by atoms with Gasteiger partial charge >= 0.3 is 5.97 Å². The van der Waals surface area contributed by atoms with Crippen molar-refractivity contribution >= 4 is 33.5 Å². The van der Waals surface area contributed by atoms with Crippen molar-refractivity contribution in [3.8, 4) is 5.75 Å². The van der Waals surface area contributed by atoms with Crippen LogP contribution in [0.5, 0.6) is 5.75 Å². The predicted molar refractivity (Wildman–Crippen MR) is 108 cm³/mol. The quantitative estimate of drug-likeness (QED) is 0.504. The van der Waals surface area contributed by atoms with Crippen LogP contribution < -0.4 is 10.1 Å². The summed E-state index contributed by atoms with van der Waals surface area (Å²) in [6.45, 7) is 4.50. The lowest BCUT2D eigenvalue weighted by Crippen LogP contribution is -2.15. The van der Waals surface area contributed by atoms with E-state index >= 15 is 0 Å².